The number of nitrogens with zero attached hydrogens (tertiary/aromatic N) is 3. The van der Waals surface area contributed by atoms with E-state index in [2.05, 4.69) is 39.8 Å². The third-order valence-electron chi connectivity index (χ3n) is 4.85. The van der Waals surface area contributed by atoms with Gasteiger partial charge in [-0.3, -0.25) is 4.79 Å². The van der Waals surface area contributed by atoms with Crippen molar-refractivity contribution in [1.29, 1.82) is 0 Å². The Kier molecular flexibility index (Phi) is 4.31. The molecule has 6 heteroatoms. The Morgan fingerprint density at radius 2 is 2.12 bits per heavy atom. The molecule has 1 atom stereocenters. The molecule has 1 fully saturated rings. The molecule has 1 amide bonds. The van der Waals surface area contributed by atoms with Crippen LogP contribution >= 0.6 is 11.8 Å². The molecule has 0 unspecified atom stereocenters. The van der Waals surface area contributed by atoms with Crippen LogP contribution in [0, 0.1) is 0 Å². The highest BCUT2D eigenvalue weighted by Gasteiger charge is 2.29. The number of aromatic nitrogens is 3. The van der Waals surface area contributed by atoms with Gasteiger partial charge in [-0.15, -0.1) is 10.2 Å². The van der Waals surface area contributed by atoms with Gasteiger partial charge in [0.2, 0.25) is 5.91 Å². The van der Waals surface area contributed by atoms with Gasteiger partial charge in [0.15, 0.2) is 5.16 Å². The minimum atomic E-state index is 0.0673. The summed E-state index contributed by atoms with van der Waals surface area (Å²) in [6.45, 7) is 0. The maximum atomic E-state index is 12.4. The monoisotopic (exact) mass is 342 g/mol. The predicted octanol–water partition coefficient (Wildman–Crippen LogP) is 2.98. The number of rotatable bonds is 5. The minimum absolute atomic E-state index is 0.0673. The minimum Gasteiger partial charge on any atom is -0.349 e. The van der Waals surface area contributed by atoms with Crippen molar-refractivity contribution < 1.29 is 4.79 Å². The number of amides is 1. The molecule has 126 valence electrons. The van der Waals surface area contributed by atoms with Gasteiger partial charge in [-0.25, -0.2) is 0 Å². The lowest BCUT2D eigenvalue weighted by Crippen LogP contribution is -2.32. The van der Waals surface area contributed by atoms with Crippen LogP contribution in [0.3, 0.4) is 0 Å². The highest BCUT2D eigenvalue weighted by Crippen LogP contribution is 2.39. The molecule has 5 nitrogen and oxygen atoms in total. The van der Waals surface area contributed by atoms with E-state index in [1.807, 2.05) is 11.6 Å². The van der Waals surface area contributed by atoms with Crippen LogP contribution in [0.2, 0.25) is 0 Å². The van der Waals surface area contributed by atoms with Crippen molar-refractivity contribution in [3.63, 3.8) is 0 Å². The fourth-order valence-corrected chi connectivity index (χ4v) is 4.15. The summed E-state index contributed by atoms with van der Waals surface area (Å²) in [6.07, 6.45) is 5.67. The van der Waals surface area contributed by atoms with E-state index >= 15 is 0 Å². The molecule has 1 aromatic heterocycles. The zero-order chi connectivity index (χ0) is 16.5. The Balaban J connectivity index is 1.36. The first-order valence-corrected chi connectivity index (χ1v) is 9.60. The maximum absolute atomic E-state index is 12.4. The quantitative estimate of drug-likeness (QED) is 0.849. The molecule has 1 N–H and O–H groups in total. The van der Waals surface area contributed by atoms with Crippen molar-refractivity contribution in [1.82, 2.24) is 20.1 Å². The fourth-order valence-electron chi connectivity index (χ4n) is 3.42. The predicted molar refractivity (Wildman–Crippen MR) is 94.0 cm³/mol. The van der Waals surface area contributed by atoms with Gasteiger partial charge in [-0.05, 0) is 43.2 Å². The average molecular weight is 342 g/mol. The van der Waals surface area contributed by atoms with Gasteiger partial charge in [0.25, 0.3) is 0 Å². The largest absolute Gasteiger partial charge is 0.349 e. The van der Waals surface area contributed by atoms with Gasteiger partial charge >= 0.3 is 0 Å². The zero-order valence-corrected chi connectivity index (χ0v) is 14.7. The van der Waals surface area contributed by atoms with Crippen molar-refractivity contribution in [2.24, 2.45) is 7.05 Å². The Morgan fingerprint density at radius 1 is 1.29 bits per heavy atom. The molecule has 2 aliphatic rings. The lowest BCUT2D eigenvalue weighted by molar-refractivity contribution is -0.119. The number of hydrogen-bond donors (Lipinski definition) is 1. The molecule has 0 bridgehead atoms. The average Bonchev–Trinajstić information content (AvgIpc) is 3.37. The van der Waals surface area contributed by atoms with Crippen molar-refractivity contribution in [2.75, 3.05) is 5.75 Å². The molecule has 2 aromatic rings. The van der Waals surface area contributed by atoms with Gasteiger partial charge < -0.3 is 9.88 Å². The summed E-state index contributed by atoms with van der Waals surface area (Å²) in [7, 11) is 1.99. The number of benzene rings is 1. The first kappa shape index (κ1) is 15.7. The van der Waals surface area contributed by atoms with Crippen LogP contribution in [-0.2, 0) is 18.3 Å². The second-order valence-electron chi connectivity index (χ2n) is 6.67. The molecule has 0 radical (unpaired) electrons. The molecule has 4 rings (SSSR count). The summed E-state index contributed by atoms with van der Waals surface area (Å²) >= 11 is 1.47. The Bertz CT molecular complexity index is 753. The molecule has 0 spiro atoms. The fraction of sp³-hybridized carbons (Fsp3) is 0.500. The summed E-state index contributed by atoms with van der Waals surface area (Å²) in [4.78, 5) is 12.4. The lowest BCUT2D eigenvalue weighted by atomic mass is 9.88. The Hall–Kier alpha value is -1.82. The summed E-state index contributed by atoms with van der Waals surface area (Å²) in [5, 5.41) is 12.5. The highest BCUT2D eigenvalue weighted by atomic mass is 32.2. The number of fused-ring (bicyclic) bond motifs is 1. The second kappa shape index (κ2) is 6.59. The van der Waals surface area contributed by atoms with Crippen molar-refractivity contribution in [3.05, 3.63) is 41.2 Å². The topological polar surface area (TPSA) is 59.8 Å². The number of aryl methyl sites for hydroxylation is 1. The molecule has 0 saturated heterocycles. The lowest BCUT2D eigenvalue weighted by Gasteiger charge is -2.26. The highest BCUT2D eigenvalue weighted by molar-refractivity contribution is 7.99. The van der Waals surface area contributed by atoms with E-state index in [0.29, 0.717) is 11.7 Å². The van der Waals surface area contributed by atoms with E-state index < -0.39 is 0 Å². The summed E-state index contributed by atoms with van der Waals surface area (Å²) in [6, 6.07) is 8.57. The van der Waals surface area contributed by atoms with Crippen LogP contribution in [0.25, 0.3) is 0 Å². The Morgan fingerprint density at radius 3 is 2.96 bits per heavy atom. The summed E-state index contributed by atoms with van der Waals surface area (Å²) in [5.41, 5.74) is 2.64. The van der Waals surface area contributed by atoms with Gasteiger partial charge in [0.05, 0.1) is 11.8 Å². The van der Waals surface area contributed by atoms with Crippen LogP contribution < -0.4 is 5.32 Å². The van der Waals surface area contributed by atoms with Gasteiger partial charge in [0, 0.05) is 13.0 Å². The summed E-state index contributed by atoms with van der Waals surface area (Å²) in [5.74, 6) is 2.08. The summed E-state index contributed by atoms with van der Waals surface area (Å²) < 4.78 is 2.03. The zero-order valence-electron chi connectivity index (χ0n) is 13.9. The van der Waals surface area contributed by atoms with Gasteiger partial charge in [-0.2, -0.15) is 0 Å². The van der Waals surface area contributed by atoms with E-state index in [4.69, 9.17) is 0 Å². The van der Waals surface area contributed by atoms with E-state index in [0.717, 1.165) is 30.2 Å². The third kappa shape index (κ3) is 3.20. The maximum Gasteiger partial charge on any atom is 0.230 e. The standard InChI is InChI=1S/C18H22N4OS/c1-22-17(13-9-10-13)20-21-18(22)24-11-16(23)19-15-8-4-6-12-5-2-3-7-14(12)15/h2-3,5,7,13,15H,4,6,8-11H2,1H3,(H,19,23)/t15-/m0/s1. The molecule has 1 aromatic carbocycles. The van der Waals surface area contributed by atoms with Crippen LogP contribution in [-0.4, -0.2) is 26.4 Å². The van der Waals surface area contributed by atoms with Crippen LogP contribution in [0.1, 0.15) is 54.6 Å². The van der Waals surface area contributed by atoms with Crippen molar-refractivity contribution in [3.8, 4) is 0 Å². The SMILES string of the molecule is Cn1c(SCC(=O)N[C@H]2CCCc3ccccc32)nnc1C1CC1. The smallest absolute Gasteiger partial charge is 0.230 e. The van der Waals surface area contributed by atoms with Gasteiger partial charge in [0.1, 0.15) is 5.82 Å². The molecule has 24 heavy (non-hydrogen) atoms. The van der Waals surface area contributed by atoms with Crippen LogP contribution in [0.5, 0.6) is 0 Å². The van der Waals surface area contributed by atoms with E-state index in [1.165, 1.54) is 35.7 Å². The third-order valence-corrected chi connectivity index (χ3v) is 5.87. The number of thioether (sulfide) groups is 1. The van der Waals surface area contributed by atoms with E-state index in [9.17, 15) is 4.79 Å². The molecule has 1 saturated carbocycles. The molecule has 2 aliphatic carbocycles. The first-order valence-electron chi connectivity index (χ1n) is 8.61. The van der Waals surface area contributed by atoms with Crippen molar-refractivity contribution >= 4 is 17.7 Å². The first-order chi connectivity index (χ1) is 11.7. The molecular weight excluding hydrogens is 320 g/mol. The van der Waals surface area contributed by atoms with E-state index in [-0.39, 0.29) is 11.9 Å². The van der Waals surface area contributed by atoms with Crippen LogP contribution in [0.4, 0.5) is 0 Å². The molecular formula is C18H22N4OS. The number of carbonyl (C=O) groups excluding carboxylic acids is 1. The van der Waals surface area contributed by atoms with Gasteiger partial charge in [-0.1, -0.05) is 36.0 Å². The number of nitrogens with one attached hydrogen (secondary N) is 1. The van der Waals surface area contributed by atoms with Crippen LogP contribution in [0.15, 0.2) is 29.4 Å². The van der Waals surface area contributed by atoms with E-state index in [1.54, 1.807) is 0 Å². The second-order valence-corrected chi connectivity index (χ2v) is 7.62. The molecule has 1 heterocycles. The number of carbonyl (C=O) groups is 1. The number of hydrogen-bond acceptors (Lipinski definition) is 4. The Labute approximate surface area is 146 Å². The normalized spacial score (nSPS) is 19.8. The molecule has 0 aliphatic heterocycles. The van der Waals surface area contributed by atoms with Crippen molar-refractivity contribution in [2.45, 2.75) is 49.2 Å².